The second-order valence-electron chi connectivity index (χ2n) is 8.62. The standard InChI is InChI=1S/C31H24N4O4S/c36-28(23-11-5-2-6-12-23)33-24-17-15-21(16-18-24)19-32-31(38)39-27-20-40-30(34-27)35-29(37)26-14-8-7-13-25(26)22-9-3-1-4-10-22/h1-18,20H,19H2,(H,32,38)(H,33,36)(H,34,35,37). The van der Waals surface area contributed by atoms with Crippen LogP contribution in [0.4, 0.5) is 15.6 Å². The Hall–Kier alpha value is -5.28. The van der Waals surface area contributed by atoms with Crippen LogP contribution in [0.2, 0.25) is 0 Å². The van der Waals surface area contributed by atoms with Gasteiger partial charge in [-0.05, 0) is 47.0 Å². The van der Waals surface area contributed by atoms with Gasteiger partial charge < -0.3 is 15.4 Å². The van der Waals surface area contributed by atoms with E-state index in [1.165, 1.54) is 0 Å². The topological polar surface area (TPSA) is 109 Å². The first-order chi connectivity index (χ1) is 19.5. The maximum Gasteiger partial charge on any atom is 0.414 e. The predicted octanol–water partition coefficient (Wildman–Crippen LogP) is 6.60. The van der Waals surface area contributed by atoms with Gasteiger partial charge in [-0.25, -0.2) is 4.79 Å². The van der Waals surface area contributed by atoms with Crippen LogP contribution in [0.15, 0.2) is 115 Å². The van der Waals surface area contributed by atoms with Gasteiger partial charge in [0.05, 0.1) is 5.38 Å². The van der Waals surface area contributed by atoms with Crippen molar-refractivity contribution in [2.24, 2.45) is 0 Å². The monoisotopic (exact) mass is 548 g/mol. The molecular weight excluding hydrogens is 524 g/mol. The van der Waals surface area contributed by atoms with Gasteiger partial charge in [0.15, 0.2) is 5.13 Å². The summed E-state index contributed by atoms with van der Waals surface area (Å²) in [6, 6.07) is 33.0. The second kappa shape index (κ2) is 12.5. The van der Waals surface area contributed by atoms with E-state index in [0.29, 0.717) is 21.9 Å². The Balaban J connectivity index is 1.12. The molecule has 0 atom stereocenters. The van der Waals surface area contributed by atoms with Gasteiger partial charge in [-0.2, -0.15) is 4.98 Å². The number of amides is 3. The van der Waals surface area contributed by atoms with E-state index in [4.69, 9.17) is 4.74 Å². The quantitative estimate of drug-likeness (QED) is 0.202. The molecule has 0 unspecified atom stereocenters. The molecule has 1 heterocycles. The molecular formula is C31H24N4O4S. The lowest BCUT2D eigenvalue weighted by atomic mass is 9.99. The van der Waals surface area contributed by atoms with Gasteiger partial charge in [0, 0.05) is 23.4 Å². The fourth-order valence-electron chi connectivity index (χ4n) is 3.88. The summed E-state index contributed by atoms with van der Waals surface area (Å²) >= 11 is 1.15. The molecule has 198 valence electrons. The van der Waals surface area contributed by atoms with Crippen molar-refractivity contribution in [2.75, 3.05) is 10.6 Å². The van der Waals surface area contributed by atoms with Crippen LogP contribution in [0.25, 0.3) is 11.1 Å². The molecule has 1 aromatic heterocycles. The van der Waals surface area contributed by atoms with Crippen molar-refractivity contribution in [2.45, 2.75) is 6.54 Å². The summed E-state index contributed by atoms with van der Waals surface area (Å²) in [7, 11) is 0. The zero-order valence-corrected chi connectivity index (χ0v) is 22.0. The molecule has 8 nitrogen and oxygen atoms in total. The van der Waals surface area contributed by atoms with Crippen molar-refractivity contribution < 1.29 is 19.1 Å². The van der Waals surface area contributed by atoms with E-state index in [-0.39, 0.29) is 24.2 Å². The number of ether oxygens (including phenoxy) is 1. The highest BCUT2D eigenvalue weighted by molar-refractivity contribution is 7.14. The Bertz CT molecular complexity index is 1620. The number of nitrogens with zero attached hydrogens (tertiary/aromatic N) is 1. The minimum atomic E-state index is -0.681. The largest absolute Gasteiger partial charge is 0.414 e. The lowest BCUT2D eigenvalue weighted by Crippen LogP contribution is -2.26. The average Bonchev–Trinajstić information content (AvgIpc) is 3.44. The van der Waals surface area contributed by atoms with Crippen LogP contribution in [0, 0.1) is 0 Å². The van der Waals surface area contributed by atoms with Crippen LogP contribution < -0.4 is 20.7 Å². The SMILES string of the molecule is O=C(NCc1ccc(NC(=O)c2ccccc2)cc1)Oc1csc(NC(=O)c2ccccc2-c2ccccc2)n1. The van der Waals surface area contributed by atoms with Gasteiger partial charge in [-0.1, -0.05) is 78.9 Å². The van der Waals surface area contributed by atoms with Crippen molar-refractivity contribution in [1.29, 1.82) is 0 Å². The molecule has 0 saturated heterocycles. The molecule has 0 saturated carbocycles. The number of hydrogen-bond donors (Lipinski definition) is 3. The molecule has 0 bridgehead atoms. The predicted molar refractivity (Wildman–Crippen MR) is 156 cm³/mol. The van der Waals surface area contributed by atoms with E-state index >= 15 is 0 Å². The van der Waals surface area contributed by atoms with Crippen molar-refractivity contribution in [3.63, 3.8) is 0 Å². The zero-order chi connectivity index (χ0) is 27.7. The summed E-state index contributed by atoms with van der Waals surface area (Å²) in [4.78, 5) is 41.7. The smallest absolute Gasteiger partial charge is 0.390 e. The van der Waals surface area contributed by atoms with Crippen LogP contribution in [0.5, 0.6) is 5.88 Å². The van der Waals surface area contributed by atoms with Gasteiger partial charge in [-0.3, -0.25) is 14.9 Å². The Morgan fingerprint density at radius 1 is 0.725 bits per heavy atom. The summed E-state index contributed by atoms with van der Waals surface area (Å²) in [6.07, 6.45) is -0.681. The summed E-state index contributed by atoms with van der Waals surface area (Å²) in [5, 5.41) is 10.1. The number of rotatable bonds is 8. The first-order valence-electron chi connectivity index (χ1n) is 12.4. The van der Waals surface area contributed by atoms with Crippen LogP contribution in [-0.4, -0.2) is 22.9 Å². The Morgan fingerprint density at radius 2 is 1.40 bits per heavy atom. The highest BCUT2D eigenvalue weighted by atomic mass is 32.1. The van der Waals surface area contributed by atoms with Gasteiger partial charge in [-0.15, -0.1) is 11.3 Å². The van der Waals surface area contributed by atoms with Crippen molar-refractivity contribution in [3.8, 4) is 17.0 Å². The second-order valence-corrected chi connectivity index (χ2v) is 9.47. The van der Waals surface area contributed by atoms with Crippen LogP contribution >= 0.6 is 11.3 Å². The van der Waals surface area contributed by atoms with E-state index in [1.54, 1.807) is 66.0 Å². The Morgan fingerprint density at radius 3 is 2.15 bits per heavy atom. The molecule has 0 spiro atoms. The first-order valence-corrected chi connectivity index (χ1v) is 13.3. The van der Waals surface area contributed by atoms with E-state index in [0.717, 1.165) is 28.0 Å². The molecule has 0 radical (unpaired) electrons. The normalized spacial score (nSPS) is 10.4. The molecule has 3 N–H and O–H groups in total. The number of benzene rings is 4. The molecule has 0 aliphatic carbocycles. The summed E-state index contributed by atoms with van der Waals surface area (Å²) in [6.45, 7) is 0.218. The fourth-order valence-corrected chi connectivity index (χ4v) is 4.49. The minimum Gasteiger partial charge on any atom is -0.390 e. The maximum atomic E-state index is 13.0. The van der Waals surface area contributed by atoms with E-state index in [1.807, 2.05) is 48.5 Å². The lowest BCUT2D eigenvalue weighted by molar-refractivity contribution is 0.101. The fraction of sp³-hybridized carbons (Fsp3) is 0.0323. The molecule has 4 aromatic carbocycles. The van der Waals surface area contributed by atoms with Gasteiger partial charge >= 0.3 is 6.09 Å². The summed E-state index contributed by atoms with van der Waals surface area (Å²) in [5.41, 5.74) is 4.27. The van der Waals surface area contributed by atoms with E-state index < -0.39 is 6.09 Å². The third kappa shape index (κ3) is 6.77. The summed E-state index contributed by atoms with van der Waals surface area (Å²) < 4.78 is 5.26. The number of carbonyl (C=O) groups excluding carboxylic acids is 3. The average molecular weight is 549 g/mol. The van der Waals surface area contributed by atoms with Crippen molar-refractivity contribution in [3.05, 3.63) is 131 Å². The van der Waals surface area contributed by atoms with Crippen molar-refractivity contribution >= 4 is 40.1 Å². The van der Waals surface area contributed by atoms with Gasteiger partial charge in [0.2, 0.25) is 5.88 Å². The molecule has 5 aromatic rings. The number of nitrogens with one attached hydrogen (secondary N) is 3. The van der Waals surface area contributed by atoms with E-state index in [2.05, 4.69) is 20.9 Å². The first kappa shape index (κ1) is 26.3. The highest BCUT2D eigenvalue weighted by Crippen LogP contribution is 2.26. The zero-order valence-electron chi connectivity index (χ0n) is 21.2. The molecule has 5 rings (SSSR count). The molecule has 0 aliphatic heterocycles. The van der Waals surface area contributed by atoms with Crippen LogP contribution in [-0.2, 0) is 6.54 Å². The molecule has 9 heteroatoms. The third-order valence-corrected chi connectivity index (χ3v) is 6.58. The molecule has 40 heavy (non-hydrogen) atoms. The molecule has 3 amide bonds. The lowest BCUT2D eigenvalue weighted by Gasteiger charge is -2.09. The van der Waals surface area contributed by atoms with Crippen molar-refractivity contribution in [1.82, 2.24) is 10.3 Å². The minimum absolute atomic E-state index is 0.0770. The number of hydrogen-bond acceptors (Lipinski definition) is 6. The number of aromatic nitrogens is 1. The number of carbonyl (C=O) groups is 3. The van der Waals surface area contributed by atoms with Crippen LogP contribution in [0.1, 0.15) is 26.3 Å². The molecule has 0 aliphatic rings. The third-order valence-electron chi connectivity index (χ3n) is 5.84. The van der Waals surface area contributed by atoms with E-state index in [9.17, 15) is 14.4 Å². The summed E-state index contributed by atoms with van der Waals surface area (Å²) in [5.74, 6) is -0.435. The van der Waals surface area contributed by atoms with Crippen LogP contribution in [0.3, 0.4) is 0 Å². The Kier molecular flexibility index (Phi) is 8.24. The highest BCUT2D eigenvalue weighted by Gasteiger charge is 2.15. The Labute approximate surface area is 234 Å². The number of thiazole rings is 1. The van der Waals surface area contributed by atoms with Gasteiger partial charge in [0.25, 0.3) is 11.8 Å². The molecule has 0 fully saturated rings. The number of anilines is 2. The van der Waals surface area contributed by atoms with Gasteiger partial charge in [0.1, 0.15) is 0 Å². The maximum absolute atomic E-state index is 13.0.